The molecule has 0 spiro atoms. The van der Waals surface area contributed by atoms with Crippen LogP contribution in [0.15, 0.2) is 29.8 Å². The van der Waals surface area contributed by atoms with Crippen molar-refractivity contribution in [2.75, 3.05) is 0 Å². The van der Waals surface area contributed by atoms with Crippen molar-refractivity contribution in [2.24, 2.45) is 5.73 Å². The molecule has 0 saturated heterocycles. The number of carbonyl (C=O) groups is 3. The number of amides is 4. The van der Waals surface area contributed by atoms with Crippen molar-refractivity contribution in [3.63, 3.8) is 0 Å². The van der Waals surface area contributed by atoms with Crippen LogP contribution in [0.4, 0.5) is 4.79 Å². The maximum absolute atomic E-state index is 13.1. The minimum absolute atomic E-state index is 0.202. The van der Waals surface area contributed by atoms with Gasteiger partial charge in [0.15, 0.2) is 0 Å². The maximum atomic E-state index is 13.1. The van der Waals surface area contributed by atoms with E-state index in [1.807, 2.05) is 45.0 Å². The van der Waals surface area contributed by atoms with Gasteiger partial charge in [-0.3, -0.25) is 9.59 Å². The molecule has 0 aliphatic heterocycles. The zero-order chi connectivity index (χ0) is 22.8. The highest BCUT2D eigenvalue weighted by Crippen LogP contribution is 2.33. The van der Waals surface area contributed by atoms with Gasteiger partial charge in [0.25, 0.3) is 5.91 Å². The highest BCUT2D eigenvalue weighted by atomic mass is 32.1. The second kappa shape index (κ2) is 9.05. The Morgan fingerprint density at radius 1 is 1.23 bits per heavy atom. The number of nitrogens with one attached hydrogen (secondary N) is 3. The minimum Gasteiger partial charge on any atom is -0.352 e. The van der Waals surface area contributed by atoms with Gasteiger partial charge in [-0.1, -0.05) is 52.0 Å². The number of thiazole rings is 1. The summed E-state index contributed by atoms with van der Waals surface area (Å²) in [5.41, 5.74) is 9.39. The number of nitrogens with zero attached hydrogens (tertiary/aromatic N) is 1. The van der Waals surface area contributed by atoms with Crippen molar-refractivity contribution < 1.29 is 14.4 Å². The van der Waals surface area contributed by atoms with Gasteiger partial charge in [-0.2, -0.15) is 0 Å². The van der Waals surface area contributed by atoms with E-state index in [1.165, 1.54) is 11.3 Å². The van der Waals surface area contributed by atoms with E-state index in [0.29, 0.717) is 17.7 Å². The lowest BCUT2D eigenvalue weighted by molar-refractivity contribution is -0.123. The Balaban J connectivity index is 1.83. The summed E-state index contributed by atoms with van der Waals surface area (Å²) in [7, 11) is 0. The van der Waals surface area contributed by atoms with Gasteiger partial charge in [0.05, 0.1) is 23.3 Å². The summed E-state index contributed by atoms with van der Waals surface area (Å²) in [6.45, 7) is 7.84. The zero-order valence-electron chi connectivity index (χ0n) is 18.2. The number of benzene rings is 1. The smallest absolute Gasteiger partial charge is 0.312 e. The van der Waals surface area contributed by atoms with Crippen molar-refractivity contribution in [3.05, 3.63) is 51.5 Å². The Hall–Kier alpha value is -2.94. The van der Waals surface area contributed by atoms with Gasteiger partial charge in [-0.15, -0.1) is 11.3 Å². The topological polar surface area (TPSA) is 126 Å². The zero-order valence-corrected chi connectivity index (χ0v) is 19.0. The first-order valence-corrected chi connectivity index (χ1v) is 11.2. The molecule has 8 nitrogen and oxygen atoms in total. The Morgan fingerprint density at radius 2 is 1.94 bits per heavy atom. The Kier molecular flexibility index (Phi) is 6.64. The lowest BCUT2D eigenvalue weighted by Gasteiger charge is -2.26. The molecule has 1 aromatic heterocycles. The molecule has 0 fully saturated rings. The summed E-state index contributed by atoms with van der Waals surface area (Å²) in [6, 6.07) is 5.55. The van der Waals surface area contributed by atoms with Crippen LogP contribution in [0, 0.1) is 0 Å². The third kappa shape index (κ3) is 5.04. The molecule has 1 heterocycles. The van der Waals surface area contributed by atoms with Crippen LogP contribution >= 0.6 is 11.3 Å². The minimum atomic E-state index is -0.751. The molecule has 1 aromatic carbocycles. The van der Waals surface area contributed by atoms with Crippen molar-refractivity contribution in [2.45, 2.75) is 64.1 Å². The summed E-state index contributed by atoms with van der Waals surface area (Å²) < 4.78 is 0. The summed E-state index contributed by atoms with van der Waals surface area (Å²) in [5.74, 6) is -0.540. The molecule has 31 heavy (non-hydrogen) atoms. The van der Waals surface area contributed by atoms with Crippen molar-refractivity contribution in [3.8, 4) is 0 Å². The van der Waals surface area contributed by atoms with E-state index >= 15 is 0 Å². The molecule has 3 rings (SSSR count). The lowest BCUT2D eigenvalue weighted by Crippen LogP contribution is -2.52. The highest BCUT2D eigenvalue weighted by Gasteiger charge is 2.37. The number of urea groups is 1. The third-order valence-electron chi connectivity index (χ3n) is 5.37. The first-order chi connectivity index (χ1) is 14.6. The van der Waals surface area contributed by atoms with E-state index in [0.717, 1.165) is 16.8 Å². The monoisotopic (exact) mass is 443 g/mol. The largest absolute Gasteiger partial charge is 0.352 e. The summed E-state index contributed by atoms with van der Waals surface area (Å²) in [4.78, 5) is 42.1. The molecular formula is C22H29N5O3S. The van der Waals surface area contributed by atoms with Crippen molar-refractivity contribution in [1.29, 1.82) is 0 Å². The summed E-state index contributed by atoms with van der Waals surface area (Å²) in [6.07, 6.45) is 0.993. The average Bonchev–Trinajstić information content (AvgIpc) is 3.31. The number of rotatable bonds is 6. The number of aromatic nitrogens is 1. The molecule has 5 N–H and O–H groups in total. The third-order valence-corrected chi connectivity index (χ3v) is 6.20. The van der Waals surface area contributed by atoms with Gasteiger partial charge < -0.3 is 21.7 Å². The molecule has 9 heteroatoms. The Morgan fingerprint density at radius 3 is 2.58 bits per heavy atom. The quantitative estimate of drug-likeness (QED) is 0.547. The SMILES string of the molecule is CCC(NC(N)=O)C(=O)N[C@@H]1c2ccccc2C[C@H]1NC(=O)c1scnc1C(C)(C)C. The Labute approximate surface area is 186 Å². The number of carbonyl (C=O) groups excluding carboxylic acids is 3. The fraction of sp³-hybridized carbons (Fsp3) is 0.455. The molecule has 1 aliphatic carbocycles. The lowest BCUT2D eigenvalue weighted by atomic mass is 9.91. The molecule has 1 aliphatic rings. The van der Waals surface area contributed by atoms with Crippen LogP contribution in [-0.2, 0) is 16.6 Å². The van der Waals surface area contributed by atoms with E-state index in [9.17, 15) is 14.4 Å². The fourth-order valence-corrected chi connectivity index (χ4v) is 4.76. The normalized spacial score (nSPS) is 18.7. The van der Waals surface area contributed by atoms with Crippen LogP contribution in [0.3, 0.4) is 0 Å². The number of nitrogens with two attached hydrogens (primary N) is 1. The van der Waals surface area contributed by atoms with E-state index < -0.39 is 18.1 Å². The van der Waals surface area contributed by atoms with E-state index in [-0.39, 0.29) is 23.3 Å². The number of hydrogen-bond acceptors (Lipinski definition) is 5. The highest BCUT2D eigenvalue weighted by molar-refractivity contribution is 7.11. The second-order valence-electron chi connectivity index (χ2n) is 8.72. The van der Waals surface area contributed by atoms with Crippen LogP contribution in [0.25, 0.3) is 0 Å². The molecule has 0 radical (unpaired) electrons. The summed E-state index contributed by atoms with van der Waals surface area (Å²) in [5, 5.41) is 8.56. The molecule has 1 unspecified atom stereocenters. The van der Waals surface area contributed by atoms with Gasteiger partial charge in [-0.25, -0.2) is 9.78 Å². The number of hydrogen-bond donors (Lipinski definition) is 4. The predicted molar refractivity (Wildman–Crippen MR) is 120 cm³/mol. The molecule has 4 amide bonds. The molecule has 166 valence electrons. The van der Waals surface area contributed by atoms with Gasteiger partial charge in [-0.05, 0) is 24.0 Å². The number of primary amides is 1. The van der Waals surface area contributed by atoms with Crippen LogP contribution in [-0.4, -0.2) is 34.9 Å². The average molecular weight is 444 g/mol. The molecule has 2 aromatic rings. The molecule has 0 saturated carbocycles. The first-order valence-electron chi connectivity index (χ1n) is 10.3. The van der Waals surface area contributed by atoms with Gasteiger partial charge in [0.1, 0.15) is 10.9 Å². The van der Waals surface area contributed by atoms with Crippen LogP contribution in [0.5, 0.6) is 0 Å². The van der Waals surface area contributed by atoms with E-state index in [2.05, 4.69) is 20.9 Å². The molecule has 3 atom stereocenters. The predicted octanol–water partition coefficient (Wildman–Crippen LogP) is 2.40. The van der Waals surface area contributed by atoms with Gasteiger partial charge in [0.2, 0.25) is 5.91 Å². The standard InChI is InChI=1S/C22H29N5O3S/c1-5-14(26-21(23)30)19(28)27-16-13-9-7-6-8-12(13)10-15(16)25-20(29)17-18(22(2,3)4)24-11-31-17/h6-9,11,14-16H,5,10H2,1-4H3,(H,25,29)(H,27,28)(H3,23,26,30)/t14?,15-,16-/m1/s1. The second-order valence-corrected chi connectivity index (χ2v) is 9.57. The van der Waals surface area contributed by atoms with Gasteiger partial charge >= 0.3 is 6.03 Å². The fourth-order valence-electron chi connectivity index (χ4n) is 3.86. The molecular weight excluding hydrogens is 414 g/mol. The van der Waals surface area contributed by atoms with Crippen molar-refractivity contribution in [1.82, 2.24) is 20.9 Å². The van der Waals surface area contributed by atoms with E-state index in [1.54, 1.807) is 12.4 Å². The van der Waals surface area contributed by atoms with Crippen LogP contribution < -0.4 is 21.7 Å². The first kappa shape index (κ1) is 22.7. The van der Waals surface area contributed by atoms with E-state index in [4.69, 9.17) is 5.73 Å². The van der Waals surface area contributed by atoms with Crippen molar-refractivity contribution >= 4 is 29.2 Å². The maximum Gasteiger partial charge on any atom is 0.312 e. The number of fused-ring (bicyclic) bond motifs is 1. The van der Waals surface area contributed by atoms with Crippen LogP contribution in [0.2, 0.25) is 0 Å². The molecule has 0 bridgehead atoms. The van der Waals surface area contributed by atoms with Crippen LogP contribution in [0.1, 0.15) is 66.7 Å². The van der Waals surface area contributed by atoms with Gasteiger partial charge in [0, 0.05) is 5.41 Å². The summed E-state index contributed by atoms with van der Waals surface area (Å²) >= 11 is 1.31. The Bertz CT molecular complexity index is 982.